The summed E-state index contributed by atoms with van der Waals surface area (Å²) in [6, 6.07) is 7.98. The van der Waals surface area contributed by atoms with Crippen LogP contribution in [0, 0.1) is 0 Å². The molecule has 6 heteroatoms. The van der Waals surface area contributed by atoms with Crippen molar-refractivity contribution in [2.75, 3.05) is 17.3 Å². The summed E-state index contributed by atoms with van der Waals surface area (Å²) in [6.07, 6.45) is 3.48. The number of nitrogens with one attached hydrogen (secondary N) is 1. The van der Waals surface area contributed by atoms with Crippen LogP contribution in [0.4, 0.5) is 17.2 Å². The van der Waals surface area contributed by atoms with E-state index in [1.807, 2.05) is 44.4 Å². The maximum atomic E-state index is 6.05. The van der Waals surface area contributed by atoms with Crippen LogP contribution in [0.15, 0.2) is 35.5 Å². The van der Waals surface area contributed by atoms with Crippen LogP contribution in [-0.2, 0) is 0 Å². The monoisotopic (exact) mass is 290 g/mol. The van der Waals surface area contributed by atoms with Crippen molar-refractivity contribution < 1.29 is 4.74 Å². The molecule has 1 aromatic carbocycles. The highest BCUT2D eigenvalue weighted by Crippen LogP contribution is 2.31. The second-order valence-electron chi connectivity index (χ2n) is 4.43. The van der Waals surface area contributed by atoms with Crippen molar-refractivity contribution >= 4 is 29.0 Å². The molecule has 0 fully saturated rings. The van der Waals surface area contributed by atoms with E-state index < -0.39 is 0 Å². The Kier molecular flexibility index (Phi) is 4.68. The Labute approximate surface area is 123 Å². The number of aromatic nitrogens is 2. The molecule has 1 heterocycles. The van der Waals surface area contributed by atoms with E-state index in [1.165, 1.54) is 6.33 Å². The third-order valence-electron chi connectivity index (χ3n) is 2.55. The molecule has 2 aromatic rings. The zero-order valence-electron chi connectivity index (χ0n) is 11.8. The Morgan fingerprint density at radius 3 is 2.70 bits per heavy atom. The molecule has 0 aliphatic rings. The lowest BCUT2D eigenvalue weighted by Gasteiger charge is -2.14. The van der Waals surface area contributed by atoms with E-state index in [9.17, 15) is 0 Å². The number of anilines is 3. The second-order valence-corrected chi connectivity index (χ2v) is 5.28. The standard InChI is InChI=1S/C14H18N4OS/c1-9(2)19-14-12(15)13(16-8-17-14)18-10-6-4-5-7-11(10)20-3/h4-9H,15H2,1-3H3,(H,16,17,18). The zero-order chi connectivity index (χ0) is 14.5. The van der Waals surface area contributed by atoms with Gasteiger partial charge in [0.1, 0.15) is 12.0 Å². The van der Waals surface area contributed by atoms with Crippen LogP contribution in [0.1, 0.15) is 13.8 Å². The van der Waals surface area contributed by atoms with Gasteiger partial charge in [-0.25, -0.2) is 4.98 Å². The van der Waals surface area contributed by atoms with Gasteiger partial charge in [0, 0.05) is 4.90 Å². The maximum absolute atomic E-state index is 6.05. The van der Waals surface area contributed by atoms with Crippen molar-refractivity contribution in [3.63, 3.8) is 0 Å². The van der Waals surface area contributed by atoms with Gasteiger partial charge in [-0.15, -0.1) is 11.8 Å². The first-order valence-corrected chi connectivity index (χ1v) is 7.51. The van der Waals surface area contributed by atoms with E-state index >= 15 is 0 Å². The molecule has 0 saturated carbocycles. The van der Waals surface area contributed by atoms with Gasteiger partial charge in [-0.3, -0.25) is 0 Å². The number of ether oxygens (including phenoxy) is 1. The molecule has 0 saturated heterocycles. The van der Waals surface area contributed by atoms with E-state index in [0.29, 0.717) is 17.4 Å². The van der Waals surface area contributed by atoms with Gasteiger partial charge in [0.15, 0.2) is 5.82 Å². The average Bonchev–Trinajstić information content (AvgIpc) is 2.43. The minimum absolute atomic E-state index is 0.0125. The van der Waals surface area contributed by atoms with Crippen LogP contribution < -0.4 is 15.8 Å². The topological polar surface area (TPSA) is 73.1 Å². The van der Waals surface area contributed by atoms with E-state index in [0.717, 1.165) is 10.6 Å². The Morgan fingerprint density at radius 1 is 1.25 bits per heavy atom. The molecule has 0 unspecified atom stereocenters. The minimum Gasteiger partial charge on any atom is -0.473 e. The van der Waals surface area contributed by atoms with Gasteiger partial charge in [0.25, 0.3) is 0 Å². The SMILES string of the molecule is CSc1ccccc1Nc1ncnc(OC(C)C)c1N. The van der Waals surface area contributed by atoms with Crippen molar-refractivity contribution in [1.82, 2.24) is 9.97 Å². The Balaban J connectivity index is 2.29. The first-order chi connectivity index (χ1) is 9.61. The molecule has 0 bridgehead atoms. The summed E-state index contributed by atoms with van der Waals surface area (Å²) in [5.74, 6) is 0.955. The van der Waals surface area contributed by atoms with Crippen molar-refractivity contribution in [3.8, 4) is 5.88 Å². The first kappa shape index (κ1) is 14.5. The number of benzene rings is 1. The predicted octanol–water partition coefficient (Wildman–Crippen LogP) is 3.31. The molecule has 0 amide bonds. The Hall–Kier alpha value is -1.95. The van der Waals surface area contributed by atoms with Gasteiger partial charge in [0.2, 0.25) is 5.88 Å². The van der Waals surface area contributed by atoms with Gasteiger partial charge >= 0.3 is 0 Å². The summed E-state index contributed by atoms with van der Waals surface area (Å²) in [6.45, 7) is 3.86. The van der Waals surface area contributed by atoms with Crippen LogP contribution in [0.3, 0.4) is 0 Å². The third-order valence-corrected chi connectivity index (χ3v) is 3.35. The first-order valence-electron chi connectivity index (χ1n) is 6.29. The number of nitrogens with two attached hydrogens (primary N) is 1. The van der Waals surface area contributed by atoms with Gasteiger partial charge in [-0.1, -0.05) is 12.1 Å². The highest BCUT2D eigenvalue weighted by molar-refractivity contribution is 7.98. The molecule has 106 valence electrons. The molecular weight excluding hydrogens is 272 g/mol. The Bertz CT molecular complexity index is 589. The Morgan fingerprint density at radius 2 is 2.00 bits per heavy atom. The molecule has 0 spiro atoms. The molecule has 0 aliphatic carbocycles. The van der Waals surface area contributed by atoms with Crippen LogP contribution in [-0.4, -0.2) is 22.3 Å². The van der Waals surface area contributed by atoms with Crippen LogP contribution in [0.2, 0.25) is 0 Å². The molecule has 0 atom stereocenters. The maximum Gasteiger partial charge on any atom is 0.242 e. The smallest absolute Gasteiger partial charge is 0.242 e. The van der Waals surface area contributed by atoms with Gasteiger partial charge in [-0.2, -0.15) is 4.98 Å². The lowest BCUT2D eigenvalue weighted by atomic mass is 10.3. The lowest BCUT2D eigenvalue weighted by molar-refractivity contribution is 0.234. The average molecular weight is 290 g/mol. The number of nitrogens with zero attached hydrogens (tertiary/aromatic N) is 2. The fourth-order valence-electron chi connectivity index (χ4n) is 1.67. The summed E-state index contributed by atoms with van der Waals surface area (Å²) < 4.78 is 5.56. The summed E-state index contributed by atoms with van der Waals surface area (Å²) >= 11 is 1.66. The molecule has 0 radical (unpaired) electrons. The van der Waals surface area contributed by atoms with Crippen molar-refractivity contribution in [2.24, 2.45) is 0 Å². The lowest BCUT2D eigenvalue weighted by Crippen LogP contribution is -2.11. The normalized spacial score (nSPS) is 10.6. The van der Waals surface area contributed by atoms with Gasteiger partial charge in [-0.05, 0) is 32.2 Å². The van der Waals surface area contributed by atoms with Crippen LogP contribution in [0.25, 0.3) is 0 Å². The molecule has 5 nitrogen and oxygen atoms in total. The van der Waals surface area contributed by atoms with Crippen LogP contribution in [0.5, 0.6) is 5.88 Å². The van der Waals surface area contributed by atoms with Crippen molar-refractivity contribution in [3.05, 3.63) is 30.6 Å². The number of hydrogen-bond donors (Lipinski definition) is 2. The number of nitrogen functional groups attached to an aromatic ring is 1. The second kappa shape index (κ2) is 6.47. The van der Waals surface area contributed by atoms with E-state index in [-0.39, 0.29) is 6.10 Å². The van der Waals surface area contributed by atoms with E-state index in [1.54, 1.807) is 11.8 Å². The fraction of sp³-hybridized carbons (Fsp3) is 0.286. The highest BCUT2D eigenvalue weighted by atomic mass is 32.2. The summed E-state index contributed by atoms with van der Waals surface area (Å²) in [5.41, 5.74) is 7.42. The van der Waals surface area contributed by atoms with Gasteiger partial charge in [0.05, 0.1) is 11.8 Å². The number of hydrogen-bond acceptors (Lipinski definition) is 6. The van der Waals surface area contributed by atoms with Gasteiger partial charge < -0.3 is 15.8 Å². The van der Waals surface area contributed by atoms with E-state index in [4.69, 9.17) is 10.5 Å². The number of para-hydroxylation sites is 1. The number of rotatable bonds is 5. The molecular formula is C14H18N4OS. The minimum atomic E-state index is 0.0125. The number of thioether (sulfide) groups is 1. The van der Waals surface area contributed by atoms with Crippen molar-refractivity contribution in [1.29, 1.82) is 0 Å². The molecule has 0 aliphatic heterocycles. The van der Waals surface area contributed by atoms with Crippen LogP contribution >= 0.6 is 11.8 Å². The predicted molar refractivity (Wildman–Crippen MR) is 83.7 cm³/mol. The molecule has 2 rings (SSSR count). The molecule has 1 aromatic heterocycles. The van der Waals surface area contributed by atoms with E-state index in [2.05, 4.69) is 15.3 Å². The largest absolute Gasteiger partial charge is 0.473 e. The third kappa shape index (κ3) is 3.33. The summed E-state index contributed by atoms with van der Waals surface area (Å²) in [5, 5.41) is 3.23. The fourth-order valence-corrected chi connectivity index (χ4v) is 2.23. The quantitative estimate of drug-likeness (QED) is 0.823. The molecule has 20 heavy (non-hydrogen) atoms. The summed E-state index contributed by atoms with van der Waals surface area (Å²) in [7, 11) is 0. The zero-order valence-corrected chi connectivity index (χ0v) is 12.6. The summed E-state index contributed by atoms with van der Waals surface area (Å²) in [4.78, 5) is 9.36. The molecule has 3 N–H and O–H groups in total. The van der Waals surface area contributed by atoms with Crippen molar-refractivity contribution in [2.45, 2.75) is 24.8 Å². The highest BCUT2D eigenvalue weighted by Gasteiger charge is 2.12.